The van der Waals surface area contributed by atoms with E-state index in [-0.39, 0.29) is 6.04 Å². The summed E-state index contributed by atoms with van der Waals surface area (Å²) in [7, 11) is 0. The van der Waals surface area contributed by atoms with Crippen molar-refractivity contribution in [3.05, 3.63) is 46.3 Å². The highest BCUT2D eigenvalue weighted by Crippen LogP contribution is 2.38. The Hall–Kier alpha value is -1.55. The van der Waals surface area contributed by atoms with Gasteiger partial charge in [-0.3, -0.25) is 4.90 Å². The Bertz CT molecular complexity index is 575. The molecule has 3 aliphatic rings. The van der Waals surface area contributed by atoms with Gasteiger partial charge in [0.15, 0.2) is 5.82 Å². The van der Waals surface area contributed by atoms with E-state index < -0.39 is 0 Å². The predicted molar refractivity (Wildman–Crippen MR) is 71.4 cm³/mol. The fourth-order valence-corrected chi connectivity index (χ4v) is 2.87. The first-order valence-corrected chi connectivity index (χ1v) is 6.02. The molecule has 17 heavy (non-hydrogen) atoms. The van der Waals surface area contributed by atoms with E-state index in [1.807, 2.05) is 4.90 Å². The predicted octanol–water partition coefficient (Wildman–Crippen LogP) is 3.49. The molecular weight excluding hydrogens is 230 g/mol. The fourth-order valence-electron chi connectivity index (χ4n) is 2.63. The number of rotatable bonds is 0. The normalized spacial score (nSPS) is 26.5. The van der Waals surface area contributed by atoms with E-state index in [1.54, 1.807) is 0 Å². The zero-order valence-electron chi connectivity index (χ0n) is 10.1. The van der Waals surface area contributed by atoms with E-state index in [9.17, 15) is 0 Å². The van der Waals surface area contributed by atoms with E-state index in [0.717, 1.165) is 5.82 Å². The van der Waals surface area contributed by atoms with Gasteiger partial charge in [-0.2, -0.15) is 0 Å². The molecular formula is C13H13N3S. The summed E-state index contributed by atoms with van der Waals surface area (Å²) < 4.78 is 0. The molecule has 0 aromatic heterocycles. The van der Waals surface area contributed by atoms with Gasteiger partial charge in [0.1, 0.15) is 0 Å². The van der Waals surface area contributed by atoms with Gasteiger partial charge in [-0.05, 0) is 55.8 Å². The van der Waals surface area contributed by atoms with Crippen molar-refractivity contribution in [2.24, 2.45) is 10.2 Å². The van der Waals surface area contributed by atoms with Crippen molar-refractivity contribution in [3.63, 3.8) is 0 Å². The number of allylic oxidation sites excluding steroid dienone is 4. The first kappa shape index (κ1) is 10.6. The number of thiocarbonyl (C=S) groups is 1. The molecule has 0 saturated heterocycles. The monoisotopic (exact) mass is 243 g/mol. The number of hydrogen-bond acceptors (Lipinski definition) is 2. The zero-order chi connectivity index (χ0) is 12.2. The Morgan fingerprint density at radius 1 is 1.12 bits per heavy atom. The molecule has 86 valence electrons. The second-order valence-corrected chi connectivity index (χ2v) is 5.04. The molecule has 1 atom stereocenters. The van der Waals surface area contributed by atoms with Crippen LogP contribution in [0.3, 0.4) is 0 Å². The lowest BCUT2D eigenvalue weighted by atomic mass is 9.85. The van der Waals surface area contributed by atoms with Crippen LogP contribution in [-0.4, -0.2) is 16.1 Å². The number of hydrogen-bond donors (Lipinski definition) is 0. The first-order valence-electron chi connectivity index (χ1n) is 5.62. The van der Waals surface area contributed by atoms with E-state index in [2.05, 4.69) is 49.2 Å². The van der Waals surface area contributed by atoms with Crippen LogP contribution in [0.5, 0.6) is 0 Å². The Kier molecular flexibility index (Phi) is 2.16. The van der Waals surface area contributed by atoms with Crippen LogP contribution in [0.2, 0.25) is 0 Å². The molecule has 2 heterocycles. The van der Waals surface area contributed by atoms with Gasteiger partial charge in [-0.15, -0.1) is 10.2 Å². The van der Waals surface area contributed by atoms with E-state index in [0.29, 0.717) is 5.11 Å². The average Bonchev–Trinajstić information content (AvgIpc) is 2.60. The lowest BCUT2D eigenvalue weighted by molar-refractivity contribution is 0.468. The standard InChI is InChI=1S/C13H13N3S/c1-7-4-9(3)12-10(5-7)8(2)6-11-14-15-13(17)16(11)12/h4-6,12H,1-3H3. The molecule has 0 spiro atoms. The van der Waals surface area contributed by atoms with E-state index in [4.69, 9.17) is 12.2 Å². The maximum Gasteiger partial charge on any atom is 0.223 e. The van der Waals surface area contributed by atoms with Crippen LogP contribution in [0.1, 0.15) is 20.8 Å². The van der Waals surface area contributed by atoms with Crippen molar-refractivity contribution in [1.29, 1.82) is 0 Å². The summed E-state index contributed by atoms with van der Waals surface area (Å²) in [6.07, 6.45) is 6.48. The molecule has 3 rings (SSSR count). The Morgan fingerprint density at radius 2 is 1.88 bits per heavy atom. The van der Waals surface area contributed by atoms with Gasteiger partial charge in [-0.1, -0.05) is 17.7 Å². The van der Waals surface area contributed by atoms with Crippen molar-refractivity contribution in [2.45, 2.75) is 26.8 Å². The molecule has 0 aromatic rings. The first-order chi connectivity index (χ1) is 8.08. The molecule has 1 aliphatic carbocycles. The minimum Gasteiger partial charge on any atom is -0.287 e. The van der Waals surface area contributed by atoms with E-state index >= 15 is 0 Å². The quantitative estimate of drug-likeness (QED) is 0.609. The highest BCUT2D eigenvalue weighted by atomic mass is 32.1. The van der Waals surface area contributed by atoms with E-state index in [1.165, 1.54) is 22.3 Å². The minimum absolute atomic E-state index is 0.182. The van der Waals surface area contributed by atoms with Crippen molar-refractivity contribution in [1.82, 2.24) is 4.90 Å². The average molecular weight is 243 g/mol. The SMILES string of the molecule is CC1=CC2=C(C)C=C3N=NC(=S)N3C2C(C)=C1. The summed E-state index contributed by atoms with van der Waals surface area (Å²) in [4.78, 5) is 2.03. The van der Waals surface area contributed by atoms with Crippen molar-refractivity contribution < 1.29 is 0 Å². The lowest BCUT2D eigenvalue weighted by Crippen LogP contribution is -2.40. The Balaban J connectivity index is 2.20. The summed E-state index contributed by atoms with van der Waals surface area (Å²) in [6.45, 7) is 6.38. The summed E-state index contributed by atoms with van der Waals surface area (Å²) in [5, 5.41) is 8.68. The lowest BCUT2D eigenvalue weighted by Gasteiger charge is -2.36. The van der Waals surface area contributed by atoms with Gasteiger partial charge in [0.05, 0.1) is 6.04 Å². The molecule has 2 aliphatic heterocycles. The van der Waals surface area contributed by atoms with Gasteiger partial charge in [0, 0.05) is 0 Å². The van der Waals surface area contributed by atoms with Crippen molar-refractivity contribution >= 4 is 17.3 Å². The van der Waals surface area contributed by atoms with Crippen LogP contribution < -0.4 is 0 Å². The third kappa shape index (κ3) is 1.44. The third-order valence-electron chi connectivity index (χ3n) is 3.31. The van der Waals surface area contributed by atoms with Crippen LogP contribution in [0.15, 0.2) is 56.6 Å². The van der Waals surface area contributed by atoms with Gasteiger partial charge in [0.25, 0.3) is 0 Å². The van der Waals surface area contributed by atoms with Gasteiger partial charge in [-0.25, -0.2) is 0 Å². The molecule has 4 heteroatoms. The smallest absolute Gasteiger partial charge is 0.223 e. The molecule has 0 saturated carbocycles. The molecule has 0 amide bonds. The van der Waals surface area contributed by atoms with Gasteiger partial charge in [0.2, 0.25) is 5.11 Å². The minimum atomic E-state index is 0.182. The molecule has 0 fully saturated rings. The van der Waals surface area contributed by atoms with Crippen molar-refractivity contribution in [3.8, 4) is 0 Å². The summed E-state index contributed by atoms with van der Waals surface area (Å²) in [5.74, 6) is 0.863. The second-order valence-electron chi connectivity index (χ2n) is 4.67. The molecule has 0 N–H and O–H groups in total. The Morgan fingerprint density at radius 3 is 2.65 bits per heavy atom. The summed E-state index contributed by atoms with van der Waals surface area (Å²) in [6, 6.07) is 0.182. The highest BCUT2D eigenvalue weighted by Gasteiger charge is 2.36. The molecule has 0 radical (unpaired) electrons. The summed E-state index contributed by atoms with van der Waals surface area (Å²) >= 11 is 5.26. The van der Waals surface area contributed by atoms with Crippen LogP contribution in [0.4, 0.5) is 0 Å². The van der Waals surface area contributed by atoms with Gasteiger partial charge >= 0.3 is 0 Å². The van der Waals surface area contributed by atoms with Crippen LogP contribution in [0.25, 0.3) is 0 Å². The molecule has 0 bridgehead atoms. The molecule has 1 unspecified atom stereocenters. The Labute approximate surface area is 106 Å². The fraction of sp³-hybridized carbons (Fsp3) is 0.308. The number of nitrogens with zero attached hydrogens (tertiary/aromatic N) is 3. The maximum absolute atomic E-state index is 5.26. The number of azo groups is 1. The highest BCUT2D eigenvalue weighted by molar-refractivity contribution is 7.80. The van der Waals surface area contributed by atoms with Crippen molar-refractivity contribution in [2.75, 3.05) is 0 Å². The maximum atomic E-state index is 5.26. The van der Waals surface area contributed by atoms with Crippen LogP contribution in [0, 0.1) is 0 Å². The second kappa shape index (κ2) is 3.47. The summed E-state index contributed by atoms with van der Waals surface area (Å²) in [5.41, 5.74) is 5.13. The molecule has 0 aromatic carbocycles. The van der Waals surface area contributed by atoms with Crippen LogP contribution in [-0.2, 0) is 0 Å². The topological polar surface area (TPSA) is 28.0 Å². The zero-order valence-corrected chi connectivity index (χ0v) is 10.9. The number of fused-ring (bicyclic) bond motifs is 3. The van der Waals surface area contributed by atoms with Crippen LogP contribution >= 0.6 is 12.2 Å². The largest absolute Gasteiger partial charge is 0.287 e. The van der Waals surface area contributed by atoms with Gasteiger partial charge < -0.3 is 0 Å². The molecule has 3 nitrogen and oxygen atoms in total. The third-order valence-corrected chi connectivity index (χ3v) is 3.59.